The monoisotopic (exact) mass is 197 g/mol. The Morgan fingerprint density at radius 3 is 3.23 bits per heavy atom. The van der Waals surface area contributed by atoms with Gasteiger partial charge in [0.05, 0.1) is 0 Å². The summed E-state index contributed by atoms with van der Waals surface area (Å²) in [7, 11) is 0. The second-order valence-corrected chi connectivity index (χ2v) is 4.45. The van der Waals surface area contributed by atoms with E-state index in [2.05, 4.69) is 16.8 Å². The van der Waals surface area contributed by atoms with Gasteiger partial charge in [0.1, 0.15) is 0 Å². The normalized spacial score (nSPS) is 28.3. The molecule has 0 radical (unpaired) electrons. The maximum absolute atomic E-state index is 5.76. The molecule has 0 bridgehead atoms. The van der Waals surface area contributed by atoms with Gasteiger partial charge in [-0.15, -0.1) is 11.3 Å². The van der Waals surface area contributed by atoms with Crippen LogP contribution in [0.1, 0.15) is 13.3 Å². The Labute approximate surface area is 82.6 Å². The second-order valence-electron chi connectivity index (χ2n) is 3.58. The Kier molecular flexibility index (Phi) is 2.51. The van der Waals surface area contributed by atoms with Crippen LogP contribution in [-0.4, -0.2) is 24.1 Å². The molecule has 1 saturated heterocycles. The molecule has 0 spiro atoms. The number of nitrogens with zero attached hydrogens (tertiary/aromatic N) is 2. The third-order valence-electron chi connectivity index (χ3n) is 2.79. The van der Waals surface area contributed by atoms with E-state index in [4.69, 9.17) is 5.73 Å². The minimum absolute atomic E-state index is 0.492. The van der Waals surface area contributed by atoms with E-state index in [-0.39, 0.29) is 0 Å². The SMILES string of the molecule is CC1CCN(c2nccs2)C1CN. The molecule has 1 fully saturated rings. The summed E-state index contributed by atoms with van der Waals surface area (Å²) < 4.78 is 0. The van der Waals surface area contributed by atoms with Gasteiger partial charge < -0.3 is 10.6 Å². The van der Waals surface area contributed by atoms with Gasteiger partial charge in [-0.1, -0.05) is 6.92 Å². The highest BCUT2D eigenvalue weighted by molar-refractivity contribution is 7.13. The fourth-order valence-corrected chi connectivity index (χ4v) is 2.69. The van der Waals surface area contributed by atoms with Crippen LogP contribution in [0.5, 0.6) is 0 Å². The number of anilines is 1. The van der Waals surface area contributed by atoms with Gasteiger partial charge in [0.2, 0.25) is 0 Å². The van der Waals surface area contributed by atoms with E-state index < -0.39 is 0 Å². The van der Waals surface area contributed by atoms with Gasteiger partial charge in [-0.2, -0.15) is 0 Å². The molecule has 2 N–H and O–H groups in total. The van der Waals surface area contributed by atoms with Gasteiger partial charge in [-0.25, -0.2) is 4.98 Å². The highest BCUT2D eigenvalue weighted by Gasteiger charge is 2.31. The zero-order valence-electron chi connectivity index (χ0n) is 7.81. The van der Waals surface area contributed by atoms with Crippen LogP contribution in [-0.2, 0) is 0 Å². The molecule has 0 aliphatic carbocycles. The molecule has 0 aromatic carbocycles. The lowest BCUT2D eigenvalue weighted by molar-refractivity contribution is 0.519. The summed E-state index contributed by atoms with van der Waals surface area (Å²) in [5, 5.41) is 3.14. The molecule has 4 heteroatoms. The van der Waals surface area contributed by atoms with Gasteiger partial charge in [0.25, 0.3) is 0 Å². The van der Waals surface area contributed by atoms with E-state index in [1.807, 2.05) is 11.6 Å². The average Bonchev–Trinajstić information content (AvgIpc) is 2.71. The molecule has 72 valence electrons. The van der Waals surface area contributed by atoms with Crippen molar-refractivity contribution >= 4 is 16.5 Å². The summed E-state index contributed by atoms with van der Waals surface area (Å²) >= 11 is 1.70. The third kappa shape index (κ3) is 1.56. The highest BCUT2D eigenvalue weighted by Crippen LogP contribution is 2.30. The quantitative estimate of drug-likeness (QED) is 0.777. The van der Waals surface area contributed by atoms with Crippen molar-refractivity contribution in [1.82, 2.24) is 4.98 Å². The first kappa shape index (κ1) is 8.97. The summed E-state index contributed by atoms with van der Waals surface area (Å²) in [5.41, 5.74) is 5.76. The largest absolute Gasteiger partial charge is 0.344 e. The van der Waals surface area contributed by atoms with Crippen LogP contribution in [0.4, 0.5) is 5.13 Å². The van der Waals surface area contributed by atoms with Crippen molar-refractivity contribution in [3.63, 3.8) is 0 Å². The third-order valence-corrected chi connectivity index (χ3v) is 3.60. The van der Waals surface area contributed by atoms with Crippen molar-refractivity contribution in [2.45, 2.75) is 19.4 Å². The van der Waals surface area contributed by atoms with Gasteiger partial charge in [-0.3, -0.25) is 0 Å². The second kappa shape index (κ2) is 3.64. The van der Waals surface area contributed by atoms with Crippen molar-refractivity contribution in [1.29, 1.82) is 0 Å². The highest BCUT2D eigenvalue weighted by atomic mass is 32.1. The zero-order chi connectivity index (χ0) is 9.26. The first-order valence-electron chi connectivity index (χ1n) is 4.69. The number of aromatic nitrogens is 1. The number of hydrogen-bond acceptors (Lipinski definition) is 4. The predicted molar refractivity (Wildman–Crippen MR) is 56.1 cm³/mol. The summed E-state index contributed by atoms with van der Waals surface area (Å²) in [6.45, 7) is 4.11. The maximum Gasteiger partial charge on any atom is 0.185 e. The molecular weight excluding hydrogens is 182 g/mol. The standard InChI is InChI=1S/C9H15N3S/c1-7-2-4-12(8(7)6-10)9-11-3-5-13-9/h3,5,7-8H,2,4,6,10H2,1H3. The summed E-state index contributed by atoms with van der Waals surface area (Å²) in [5.74, 6) is 0.703. The van der Waals surface area contributed by atoms with Crippen LogP contribution < -0.4 is 10.6 Å². The van der Waals surface area contributed by atoms with E-state index in [0.717, 1.165) is 18.2 Å². The van der Waals surface area contributed by atoms with Gasteiger partial charge >= 0.3 is 0 Å². The molecule has 0 amide bonds. The van der Waals surface area contributed by atoms with Crippen LogP contribution in [0.15, 0.2) is 11.6 Å². The van der Waals surface area contributed by atoms with E-state index in [0.29, 0.717) is 12.0 Å². The first-order chi connectivity index (χ1) is 6.33. The molecule has 2 rings (SSSR count). The average molecular weight is 197 g/mol. The molecule has 1 aromatic heterocycles. The van der Waals surface area contributed by atoms with Crippen molar-refractivity contribution in [3.05, 3.63) is 11.6 Å². The molecule has 1 aliphatic rings. The minimum Gasteiger partial charge on any atom is -0.344 e. The van der Waals surface area contributed by atoms with Crippen LogP contribution in [0, 0.1) is 5.92 Å². The van der Waals surface area contributed by atoms with E-state index >= 15 is 0 Å². The Hall–Kier alpha value is -0.610. The lowest BCUT2D eigenvalue weighted by Gasteiger charge is -2.24. The van der Waals surface area contributed by atoms with Crippen LogP contribution >= 0.6 is 11.3 Å². The fourth-order valence-electron chi connectivity index (χ4n) is 1.96. The topological polar surface area (TPSA) is 42.2 Å². The van der Waals surface area contributed by atoms with Crippen LogP contribution in [0.2, 0.25) is 0 Å². The lowest BCUT2D eigenvalue weighted by Crippen LogP contribution is -2.38. The van der Waals surface area contributed by atoms with Crippen molar-refractivity contribution in [3.8, 4) is 0 Å². The van der Waals surface area contributed by atoms with E-state index in [9.17, 15) is 0 Å². The molecule has 1 aliphatic heterocycles. The Morgan fingerprint density at radius 1 is 1.77 bits per heavy atom. The molecule has 1 aromatic rings. The Bertz CT molecular complexity index is 260. The predicted octanol–water partition coefficient (Wildman–Crippen LogP) is 1.32. The number of thiazole rings is 1. The molecule has 13 heavy (non-hydrogen) atoms. The molecule has 0 saturated carbocycles. The number of rotatable bonds is 2. The molecule has 3 nitrogen and oxygen atoms in total. The minimum atomic E-state index is 0.492. The van der Waals surface area contributed by atoms with E-state index in [1.54, 1.807) is 11.3 Å². The lowest BCUT2D eigenvalue weighted by atomic mass is 10.0. The Balaban J connectivity index is 2.16. The maximum atomic E-state index is 5.76. The Morgan fingerprint density at radius 2 is 2.62 bits per heavy atom. The van der Waals surface area contributed by atoms with Gasteiger partial charge in [0, 0.05) is 30.7 Å². The fraction of sp³-hybridized carbons (Fsp3) is 0.667. The molecule has 2 heterocycles. The van der Waals surface area contributed by atoms with Crippen molar-refractivity contribution < 1.29 is 0 Å². The smallest absolute Gasteiger partial charge is 0.185 e. The number of hydrogen-bond donors (Lipinski definition) is 1. The number of nitrogens with two attached hydrogens (primary N) is 1. The van der Waals surface area contributed by atoms with Crippen LogP contribution in [0.25, 0.3) is 0 Å². The molecule has 2 atom stereocenters. The van der Waals surface area contributed by atoms with Crippen molar-refractivity contribution in [2.75, 3.05) is 18.0 Å². The molecule has 2 unspecified atom stereocenters. The van der Waals surface area contributed by atoms with Gasteiger partial charge in [-0.05, 0) is 12.3 Å². The summed E-state index contributed by atoms with van der Waals surface area (Å²) in [4.78, 5) is 6.66. The first-order valence-corrected chi connectivity index (χ1v) is 5.57. The van der Waals surface area contributed by atoms with E-state index in [1.165, 1.54) is 6.42 Å². The molecular formula is C9H15N3S. The zero-order valence-corrected chi connectivity index (χ0v) is 8.63. The van der Waals surface area contributed by atoms with Crippen LogP contribution in [0.3, 0.4) is 0 Å². The van der Waals surface area contributed by atoms with Gasteiger partial charge in [0.15, 0.2) is 5.13 Å². The summed E-state index contributed by atoms with van der Waals surface area (Å²) in [6, 6.07) is 0.492. The summed E-state index contributed by atoms with van der Waals surface area (Å²) in [6.07, 6.45) is 3.10. The van der Waals surface area contributed by atoms with Crippen molar-refractivity contribution in [2.24, 2.45) is 11.7 Å².